The van der Waals surface area contributed by atoms with Gasteiger partial charge in [0.1, 0.15) is 13.2 Å². The van der Waals surface area contributed by atoms with E-state index in [9.17, 15) is 14.4 Å². The first kappa shape index (κ1) is 66.8. The van der Waals surface area contributed by atoms with Crippen molar-refractivity contribution in [1.82, 2.24) is 0 Å². The molecule has 0 bridgehead atoms. The Hall–Kier alpha value is -4.19. The molecule has 0 saturated carbocycles. The molecule has 0 radical (unpaired) electrons. The van der Waals surface area contributed by atoms with E-state index < -0.39 is 6.10 Å². The lowest BCUT2D eigenvalue weighted by Gasteiger charge is -2.18. The Morgan fingerprint density at radius 1 is 0.310 bits per heavy atom. The first-order chi connectivity index (χ1) is 35.0. The van der Waals surface area contributed by atoms with Crippen molar-refractivity contribution in [3.05, 3.63) is 122 Å². The molecule has 0 aromatic carbocycles. The van der Waals surface area contributed by atoms with Gasteiger partial charge in [-0.05, 0) is 109 Å². The predicted molar refractivity (Wildman–Crippen MR) is 306 cm³/mol. The van der Waals surface area contributed by atoms with Gasteiger partial charge < -0.3 is 14.2 Å². The second-order valence-corrected chi connectivity index (χ2v) is 18.9. The van der Waals surface area contributed by atoms with Crippen molar-refractivity contribution >= 4 is 17.9 Å². The Kier molecular flexibility index (Phi) is 54.9. The summed E-state index contributed by atoms with van der Waals surface area (Å²) in [6.07, 6.45) is 80.5. The van der Waals surface area contributed by atoms with Gasteiger partial charge in [-0.25, -0.2) is 0 Å². The minimum Gasteiger partial charge on any atom is -0.462 e. The summed E-state index contributed by atoms with van der Waals surface area (Å²) in [6, 6.07) is 0. The van der Waals surface area contributed by atoms with Crippen molar-refractivity contribution in [2.45, 2.75) is 258 Å². The van der Waals surface area contributed by atoms with Gasteiger partial charge in [0.05, 0.1) is 0 Å². The van der Waals surface area contributed by atoms with Gasteiger partial charge in [0.25, 0.3) is 0 Å². The lowest BCUT2D eigenvalue weighted by atomic mass is 10.1. The zero-order chi connectivity index (χ0) is 51.4. The van der Waals surface area contributed by atoms with Crippen LogP contribution in [0.4, 0.5) is 0 Å². The maximum absolute atomic E-state index is 12.9. The summed E-state index contributed by atoms with van der Waals surface area (Å²) in [5.74, 6) is -1.01. The fraction of sp³-hybridized carbons (Fsp3) is 0.646. The fourth-order valence-corrected chi connectivity index (χ4v) is 7.63. The second-order valence-electron chi connectivity index (χ2n) is 18.9. The van der Waals surface area contributed by atoms with Crippen LogP contribution in [0.1, 0.15) is 252 Å². The van der Waals surface area contributed by atoms with Crippen LogP contribution in [0.2, 0.25) is 0 Å². The van der Waals surface area contributed by atoms with Crippen molar-refractivity contribution in [2.75, 3.05) is 13.2 Å². The van der Waals surface area contributed by atoms with Gasteiger partial charge in [-0.1, -0.05) is 245 Å². The monoisotopic (exact) mass is 983 g/mol. The average Bonchev–Trinajstić information content (AvgIpc) is 3.37. The number of allylic oxidation sites excluding steroid dienone is 20. The van der Waals surface area contributed by atoms with E-state index >= 15 is 0 Å². The molecule has 0 saturated heterocycles. The van der Waals surface area contributed by atoms with E-state index in [4.69, 9.17) is 14.2 Å². The fourth-order valence-electron chi connectivity index (χ4n) is 7.63. The molecule has 402 valence electrons. The molecule has 6 heteroatoms. The Balaban J connectivity index is 4.53. The summed E-state index contributed by atoms with van der Waals surface area (Å²) in [5, 5.41) is 0. The second kappa shape index (κ2) is 58.4. The zero-order valence-corrected chi connectivity index (χ0v) is 45.9. The van der Waals surface area contributed by atoms with Crippen molar-refractivity contribution in [3.63, 3.8) is 0 Å². The first-order valence-electron chi connectivity index (χ1n) is 29.1. The van der Waals surface area contributed by atoms with Crippen LogP contribution in [0.25, 0.3) is 0 Å². The normalized spacial score (nSPS) is 13.0. The molecule has 0 aliphatic carbocycles. The number of hydrogen-bond donors (Lipinski definition) is 0. The van der Waals surface area contributed by atoms with Gasteiger partial charge in [-0.15, -0.1) is 0 Å². The minimum atomic E-state index is -0.819. The third-order valence-corrected chi connectivity index (χ3v) is 12.0. The Labute approximate surface area is 437 Å². The number of rotatable bonds is 51. The van der Waals surface area contributed by atoms with Crippen LogP contribution in [-0.2, 0) is 28.6 Å². The van der Waals surface area contributed by atoms with Crippen molar-refractivity contribution < 1.29 is 28.6 Å². The summed E-state index contributed by atoms with van der Waals surface area (Å²) in [6.45, 7) is 6.39. The van der Waals surface area contributed by atoms with E-state index in [0.717, 1.165) is 89.9 Å². The zero-order valence-electron chi connectivity index (χ0n) is 45.9. The summed E-state index contributed by atoms with van der Waals surface area (Å²) in [5.41, 5.74) is 0. The van der Waals surface area contributed by atoms with Gasteiger partial charge >= 0.3 is 17.9 Å². The molecule has 6 nitrogen and oxygen atoms in total. The smallest absolute Gasteiger partial charge is 0.306 e. The Morgan fingerprint density at radius 2 is 0.620 bits per heavy atom. The lowest BCUT2D eigenvalue weighted by Crippen LogP contribution is -2.30. The maximum atomic E-state index is 12.9. The molecule has 0 heterocycles. The highest BCUT2D eigenvalue weighted by Crippen LogP contribution is 2.14. The highest BCUT2D eigenvalue weighted by molar-refractivity contribution is 5.71. The number of carbonyl (C=O) groups excluding carboxylic acids is 3. The molecule has 0 aliphatic heterocycles. The number of ether oxygens (including phenoxy) is 3. The summed E-state index contributed by atoms with van der Waals surface area (Å²) in [4.78, 5) is 38.2. The van der Waals surface area contributed by atoms with Crippen molar-refractivity contribution in [2.24, 2.45) is 0 Å². The SMILES string of the molecule is CC/C=C\C/C=C\C/C=C\C/C=C\C/C=C\C/C=C\CCC(=O)OCC(COC(=O)CCCCCCCC/C=C\C=C/CCCCC)OC(=O)CCCCCCCCCCCC/C=C\C=C/CCCCC. The third kappa shape index (κ3) is 56.6. The number of esters is 3. The molecule has 0 aromatic rings. The number of carbonyl (C=O) groups is 3. The van der Waals surface area contributed by atoms with Crippen LogP contribution in [0.15, 0.2) is 122 Å². The van der Waals surface area contributed by atoms with E-state index in [1.165, 1.54) is 116 Å². The van der Waals surface area contributed by atoms with Gasteiger partial charge in [-0.3, -0.25) is 14.4 Å². The maximum Gasteiger partial charge on any atom is 0.306 e. The van der Waals surface area contributed by atoms with Crippen LogP contribution >= 0.6 is 0 Å². The predicted octanol–water partition coefficient (Wildman–Crippen LogP) is 19.6. The van der Waals surface area contributed by atoms with Crippen molar-refractivity contribution in [3.8, 4) is 0 Å². The average molecular weight is 984 g/mol. The van der Waals surface area contributed by atoms with Crippen LogP contribution in [0, 0.1) is 0 Å². The molecule has 0 rings (SSSR count). The van der Waals surface area contributed by atoms with Crippen molar-refractivity contribution in [1.29, 1.82) is 0 Å². The van der Waals surface area contributed by atoms with Crippen LogP contribution < -0.4 is 0 Å². The van der Waals surface area contributed by atoms with E-state index in [1.54, 1.807) is 0 Å². The highest BCUT2D eigenvalue weighted by atomic mass is 16.6. The molecule has 0 N–H and O–H groups in total. The molecule has 0 aromatic heterocycles. The van der Waals surface area contributed by atoms with Gasteiger partial charge in [0, 0.05) is 19.3 Å². The first-order valence-corrected chi connectivity index (χ1v) is 29.1. The molecule has 0 spiro atoms. The molecule has 0 amide bonds. The van der Waals surface area contributed by atoms with Gasteiger partial charge in [-0.2, -0.15) is 0 Å². The Bertz CT molecular complexity index is 1500. The van der Waals surface area contributed by atoms with E-state index in [0.29, 0.717) is 19.3 Å². The molecule has 71 heavy (non-hydrogen) atoms. The molecule has 1 unspecified atom stereocenters. The standard InChI is InChI=1S/C65H106O6/c1-4-7-10-13-16-19-22-25-28-30-32-34-37-40-43-46-49-52-55-58-64(67)70-61-62(60-69-63(66)57-54-51-48-45-42-39-36-27-24-21-18-15-12-9-6-3)71-65(68)59-56-53-50-47-44-41-38-35-33-31-29-26-23-20-17-14-11-8-5-2/h7,10,16-21,23-28,32,34,40,43,49,52,62H,4-6,8-9,11-15,22,29-31,33,35-39,41-42,44-48,50-51,53-61H2,1-3H3/b10-7-,19-16-,20-17-,21-18-,26-23-,27-24-,28-25-,34-32-,43-40-,52-49-. The van der Waals surface area contributed by atoms with E-state index in [1.807, 2.05) is 6.08 Å². The minimum absolute atomic E-state index is 0.111. The van der Waals surface area contributed by atoms with Crippen LogP contribution in [-0.4, -0.2) is 37.2 Å². The lowest BCUT2D eigenvalue weighted by molar-refractivity contribution is -0.166. The quantitative estimate of drug-likeness (QED) is 0.0199. The van der Waals surface area contributed by atoms with Gasteiger partial charge in [0.15, 0.2) is 6.10 Å². The largest absolute Gasteiger partial charge is 0.462 e. The van der Waals surface area contributed by atoms with Crippen LogP contribution in [0.5, 0.6) is 0 Å². The van der Waals surface area contributed by atoms with Crippen LogP contribution in [0.3, 0.4) is 0 Å². The summed E-state index contributed by atoms with van der Waals surface area (Å²) in [7, 11) is 0. The van der Waals surface area contributed by atoms with E-state index in [-0.39, 0.29) is 37.5 Å². The van der Waals surface area contributed by atoms with Gasteiger partial charge in [0.2, 0.25) is 0 Å². The molecule has 0 aliphatic rings. The molecule has 0 fully saturated rings. The highest BCUT2D eigenvalue weighted by Gasteiger charge is 2.19. The molecule has 1 atom stereocenters. The summed E-state index contributed by atoms with van der Waals surface area (Å²) >= 11 is 0. The number of unbranched alkanes of at least 4 members (excludes halogenated alkanes) is 22. The van der Waals surface area contributed by atoms with E-state index in [2.05, 4.69) is 136 Å². The number of hydrogen-bond acceptors (Lipinski definition) is 6. The third-order valence-electron chi connectivity index (χ3n) is 12.0. The molecular formula is C65H106O6. The molecular weight excluding hydrogens is 877 g/mol. The Morgan fingerprint density at radius 3 is 1.00 bits per heavy atom. The topological polar surface area (TPSA) is 78.9 Å². The summed E-state index contributed by atoms with van der Waals surface area (Å²) < 4.78 is 16.8.